The van der Waals surface area contributed by atoms with E-state index >= 15 is 0 Å². The van der Waals surface area contributed by atoms with Crippen molar-refractivity contribution < 1.29 is 19.1 Å². The first-order chi connectivity index (χ1) is 12.6. The summed E-state index contributed by atoms with van der Waals surface area (Å²) in [6, 6.07) is 9.38. The van der Waals surface area contributed by atoms with Gasteiger partial charge in [-0.25, -0.2) is 4.79 Å². The lowest BCUT2D eigenvalue weighted by Gasteiger charge is -2.13. The smallest absolute Gasteiger partial charge is 0.338 e. The van der Waals surface area contributed by atoms with Crippen LogP contribution in [0.3, 0.4) is 0 Å². The van der Waals surface area contributed by atoms with Gasteiger partial charge in [0.25, 0.3) is 5.91 Å². The van der Waals surface area contributed by atoms with Crippen LogP contribution in [-0.2, 0) is 4.74 Å². The molecule has 7 nitrogen and oxygen atoms in total. The molecule has 0 radical (unpaired) electrons. The molecule has 0 spiro atoms. The highest BCUT2D eigenvalue weighted by Crippen LogP contribution is 2.14. The topological polar surface area (TPSA) is 103 Å². The quantitative estimate of drug-likeness (QED) is 0.657. The maximum atomic E-state index is 12.3. The molecule has 1 N–H and O–H groups in total. The zero-order valence-corrected chi connectivity index (χ0v) is 14.0. The van der Waals surface area contributed by atoms with Crippen LogP contribution in [0.2, 0.25) is 0 Å². The molecule has 1 aliphatic rings. The summed E-state index contributed by atoms with van der Waals surface area (Å²) in [5.41, 5.74) is 1.34. The van der Waals surface area contributed by atoms with Crippen molar-refractivity contribution in [2.24, 2.45) is 0 Å². The number of ketones is 1. The molecule has 0 saturated carbocycles. The Morgan fingerprint density at radius 3 is 2.46 bits per heavy atom. The first-order valence-corrected chi connectivity index (χ1v) is 8.26. The van der Waals surface area contributed by atoms with Crippen molar-refractivity contribution in [1.29, 1.82) is 5.26 Å². The molecule has 1 fully saturated rings. The van der Waals surface area contributed by atoms with E-state index in [2.05, 4.69) is 4.98 Å². The molecule has 1 saturated heterocycles. The second-order valence-electron chi connectivity index (χ2n) is 5.99. The Kier molecular flexibility index (Phi) is 5.13. The number of H-pyrrole nitrogens is 1. The molecule has 0 aliphatic carbocycles. The fourth-order valence-corrected chi connectivity index (χ4v) is 2.75. The van der Waals surface area contributed by atoms with Crippen LogP contribution in [-0.4, -0.2) is 47.2 Å². The third-order valence-corrected chi connectivity index (χ3v) is 4.21. The average molecular weight is 351 g/mol. The molecule has 0 bridgehead atoms. The number of amides is 1. The van der Waals surface area contributed by atoms with Gasteiger partial charge in [-0.05, 0) is 43.2 Å². The molecule has 1 amide bonds. The van der Waals surface area contributed by atoms with Gasteiger partial charge >= 0.3 is 5.97 Å². The summed E-state index contributed by atoms with van der Waals surface area (Å²) in [5, 5.41) is 8.74. The molecule has 1 aromatic carbocycles. The normalized spacial score (nSPS) is 13.3. The van der Waals surface area contributed by atoms with Crippen molar-refractivity contribution in [3.63, 3.8) is 0 Å². The van der Waals surface area contributed by atoms with Crippen LogP contribution in [0.25, 0.3) is 0 Å². The lowest BCUT2D eigenvalue weighted by Crippen LogP contribution is -2.27. The molecule has 2 heterocycles. The standard InChI is InChI=1S/C19H17N3O4/c20-10-13-3-5-14(6-4-13)19(25)26-12-17(23)15-9-16(21-11-15)18(24)22-7-1-2-8-22/h3-6,9,11,21H,1-2,7-8,12H2. The number of likely N-dealkylation sites (tertiary alicyclic amines) is 1. The summed E-state index contributed by atoms with van der Waals surface area (Å²) < 4.78 is 5.01. The molecule has 1 aliphatic heterocycles. The Hall–Kier alpha value is -3.40. The number of Topliss-reactive ketones (excluding diaryl/α,β-unsaturated/α-hetero) is 1. The molecular weight excluding hydrogens is 334 g/mol. The van der Waals surface area contributed by atoms with Crippen molar-refractivity contribution in [2.45, 2.75) is 12.8 Å². The Balaban J connectivity index is 1.57. The number of aromatic amines is 1. The Labute approximate surface area is 150 Å². The maximum absolute atomic E-state index is 12.3. The third-order valence-electron chi connectivity index (χ3n) is 4.21. The summed E-state index contributed by atoms with van der Waals surface area (Å²) in [4.78, 5) is 40.9. The van der Waals surface area contributed by atoms with E-state index in [1.807, 2.05) is 6.07 Å². The summed E-state index contributed by atoms with van der Waals surface area (Å²) in [7, 11) is 0. The van der Waals surface area contributed by atoms with Crippen LogP contribution >= 0.6 is 0 Å². The van der Waals surface area contributed by atoms with Gasteiger partial charge < -0.3 is 14.6 Å². The van der Waals surface area contributed by atoms with Gasteiger partial charge in [0.2, 0.25) is 5.78 Å². The van der Waals surface area contributed by atoms with Gasteiger partial charge in [0, 0.05) is 24.8 Å². The second-order valence-corrected chi connectivity index (χ2v) is 5.99. The fraction of sp³-hybridized carbons (Fsp3) is 0.263. The van der Waals surface area contributed by atoms with Crippen LogP contribution < -0.4 is 0 Å². The minimum Gasteiger partial charge on any atom is -0.454 e. The zero-order valence-electron chi connectivity index (χ0n) is 14.0. The van der Waals surface area contributed by atoms with Gasteiger partial charge in [-0.2, -0.15) is 5.26 Å². The maximum Gasteiger partial charge on any atom is 0.338 e. The monoisotopic (exact) mass is 351 g/mol. The van der Waals surface area contributed by atoms with Crippen molar-refractivity contribution >= 4 is 17.7 Å². The number of nitrogens with one attached hydrogen (secondary N) is 1. The summed E-state index contributed by atoms with van der Waals surface area (Å²) in [5.74, 6) is -1.17. The number of carbonyl (C=O) groups is 3. The number of carbonyl (C=O) groups excluding carboxylic acids is 3. The van der Waals surface area contributed by atoms with E-state index in [0.717, 1.165) is 25.9 Å². The third kappa shape index (κ3) is 3.81. The van der Waals surface area contributed by atoms with Gasteiger partial charge in [0.1, 0.15) is 5.69 Å². The van der Waals surface area contributed by atoms with Crippen LogP contribution in [0.4, 0.5) is 0 Å². The fourth-order valence-electron chi connectivity index (χ4n) is 2.75. The van der Waals surface area contributed by atoms with Crippen LogP contribution in [0.5, 0.6) is 0 Å². The molecule has 26 heavy (non-hydrogen) atoms. The number of aromatic nitrogens is 1. The van der Waals surface area contributed by atoms with Crippen LogP contribution in [0.15, 0.2) is 36.5 Å². The first kappa shape index (κ1) is 17.4. The largest absolute Gasteiger partial charge is 0.454 e. The van der Waals surface area contributed by atoms with Crippen molar-refractivity contribution in [1.82, 2.24) is 9.88 Å². The molecule has 0 unspecified atom stereocenters. The second kappa shape index (κ2) is 7.66. The summed E-state index contributed by atoms with van der Waals surface area (Å²) in [6.07, 6.45) is 3.42. The number of hydrogen-bond acceptors (Lipinski definition) is 5. The molecule has 3 rings (SSSR count). The minimum absolute atomic E-state index is 0.129. The van der Waals surface area contributed by atoms with Crippen molar-refractivity contribution in [2.75, 3.05) is 19.7 Å². The van der Waals surface area contributed by atoms with Gasteiger partial charge in [0.05, 0.1) is 17.2 Å². The number of nitriles is 1. The Morgan fingerprint density at radius 2 is 1.81 bits per heavy atom. The van der Waals surface area contributed by atoms with Crippen LogP contribution in [0.1, 0.15) is 49.6 Å². The van der Waals surface area contributed by atoms with Crippen molar-refractivity contribution in [3.8, 4) is 6.07 Å². The average Bonchev–Trinajstić information content (AvgIpc) is 3.37. The zero-order chi connectivity index (χ0) is 18.5. The predicted molar refractivity (Wildman–Crippen MR) is 91.7 cm³/mol. The van der Waals surface area contributed by atoms with E-state index < -0.39 is 18.4 Å². The molecule has 132 valence electrons. The number of esters is 1. The number of rotatable bonds is 5. The van der Waals surface area contributed by atoms with Crippen LogP contribution in [0, 0.1) is 11.3 Å². The van der Waals surface area contributed by atoms with Gasteiger partial charge in [-0.15, -0.1) is 0 Å². The predicted octanol–water partition coefficient (Wildman–Crippen LogP) is 2.16. The van der Waals surface area contributed by atoms with E-state index in [9.17, 15) is 14.4 Å². The lowest BCUT2D eigenvalue weighted by molar-refractivity contribution is 0.0474. The van der Waals surface area contributed by atoms with E-state index in [1.54, 1.807) is 4.90 Å². The highest BCUT2D eigenvalue weighted by Gasteiger charge is 2.22. The van der Waals surface area contributed by atoms with E-state index in [-0.39, 0.29) is 11.5 Å². The van der Waals surface area contributed by atoms with E-state index in [0.29, 0.717) is 16.8 Å². The first-order valence-electron chi connectivity index (χ1n) is 8.26. The van der Waals surface area contributed by atoms with Gasteiger partial charge in [-0.3, -0.25) is 9.59 Å². The minimum atomic E-state index is -0.647. The van der Waals surface area contributed by atoms with Gasteiger partial charge in [-0.1, -0.05) is 0 Å². The molecular formula is C19H17N3O4. The highest BCUT2D eigenvalue weighted by molar-refractivity contribution is 6.02. The van der Waals surface area contributed by atoms with E-state index in [4.69, 9.17) is 10.00 Å². The molecule has 2 aromatic rings. The number of ether oxygens (including phenoxy) is 1. The number of hydrogen-bond donors (Lipinski definition) is 1. The lowest BCUT2D eigenvalue weighted by atomic mass is 10.1. The number of benzene rings is 1. The Bertz CT molecular complexity index is 871. The number of nitrogens with zero attached hydrogens (tertiary/aromatic N) is 2. The Morgan fingerprint density at radius 1 is 1.12 bits per heavy atom. The summed E-state index contributed by atoms with van der Waals surface area (Å²) in [6.45, 7) is 1.03. The molecule has 0 atom stereocenters. The van der Waals surface area contributed by atoms with E-state index in [1.165, 1.54) is 36.5 Å². The highest BCUT2D eigenvalue weighted by atomic mass is 16.5. The summed E-state index contributed by atoms with van der Waals surface area (Å²) >= 11 is 0. The van der Waals surface area contributed by atoms with Gasteiger partial charge in [0.15, 0.2) is 6.61 Å². The SMILES string of the molecule is N#Cc1ccc(C(=O)OCC(=O)c2c[nH]c(C(=O)N3CCCC3)c2)cc1. The molecule has 7 heteroatoms. The van der Waals surface area contributed by atoms with Crippen molar-refractivity contribution in [3.05, 3.63) is 58.9 Å². The molecule has 1 aromatic heterocycles.